The number of nitrogens with one attached hydrogen (secondary N) is 3. The Kier molecular flexibility index (Phi) is 9.07. The molecule has 4 rings (SSSR count). The number of thioether (sulfide) groups is 1. The molecule has 0 aliphatic heterocycles. The molecule has 0 spiro atoms. The van der Waals surface area contributed by atoms with Crippen LogP contribution in [0, 0.1) is 6.92 Å². The third-order valence-corrected chi connectivity index (χ3v) is 7.14. The molecule has 4 aromatic rings. The second-order valence-corrected chi connectivity index (χ2v) is 10.7. The van der Waals surface area contributed by atoms with Crippen molar-refractivity contribution in [3.8, 4) is 0 Å². The van der Waals surface area contributed by atoms with Crippen molar-refractivity contribution < 1.29 is 14.4 Å². The fourth-order valence-corrected chi connectivity index (χ4v) is 4.83. The first kappa shape index (κ1) is 26.8. The van der Waals surface area contributed by atoms with Crippen LogP contribution in [-0.2, 0) is 9.59 Å². The van der Waals surface area contributed by atoms with Crippen LogP contribution in [0.2, 0.25) is 0 Å². The topological polar surface area (TPSA) is 100 Å². The van der Waals surface area contributed by atoms with Gasteiger partial charge in [-0.1, -0.05) is 54.1 Å². The minimum atomic E-state index is -0.466. The van der Waals surface area contributed by atoms with Gasteiger partial charge in [-0.25, -0.2) is 4.98 Å². The van der Waals surface area contributed by atoms with E-state index in [-0.39, 0.29) is 22.8 Å². The first-order valence-electron chi connectivity index (χ1n) is 11.8. The van der Waals surface area contributed by atoms with E-state index < -0.39 is 5.91 Å². The summed E-state index contributed by atoms with van der Waals surface area (Å²) in [5.74, 6) is -1.01. The van der Waals surface area contributed by atoms with Gasteiger partial charge in [0, 0.05) is 27.7 Å². The van der Waals surface area contributed by atoms with Crippen LogP contribution in [0.3, 0.4) is 0 Å². The first-order chi connectivity index (χ1) is 18.4. The SMILES string of the molecule is Cc1ccc(/C=C(\NC(=O)c2ccccc2)C(=O)Nc2cccc(SC(C)C(=O)Nc3nccs3)c2)cc1. The predicted octanol–water partition coefficient (Wildman–Crippen LogP) is 5.98. The molecule has 7 nitrogen and oxygen atoms in total. The fraction of sp³-hybridized carbons (Fsp3) is 0.103. The standard InChI is InChI=1S/C29H26N4O3S2/c1-19-11-13-21(14-12-19)17-25(32-27(35)22-7-4-3-5-8-22)28(36)31-23-9-6-10-24(18-23)38-20(2)26(34)33-29-30-15-16-37-29/h3-18,20H,1-2H3,(H,31,36)(H,32,35)(H,30,33,34)/b25-17-. The van der Waals surface area contributed by atoms with Gasteiger partial charge in [0.25, 0.3) is 11.8 Å². The van der Waals surface area contributed by atoms with Crippen LogP contribution in [0.15, 0.2) is 101 Å². The van der Waals surface area contributed by atoms with Crippen molar-refractivity contribution >= 4 is 57.7 Å². The van der Waals surface area contributed by atoms with Crippen molar-refractivity contribution in [2.75, 3.05) is 10.6 Å². The molecule has 1 atom stereocenters. The molecule has 1 aromatic heterocycles. The second-order valence-electron chi connectivity index (χ2n) is 8.36. The molecule has 0 saturated carbocycles. The monoisotopic (exact) mass is 542 g/mol. The fourth-order valence-electron chi connectivity index (χ4n) is 3.37. The molecule has 0 fully saturated rings. The van der Waals surface area contributed by atoms with E-state index in [1.54, 1.807) is 67.0 Å². The van der Waals surface area contributed by atoms with Crippen molar-refractivity contribution in [1.82, 2.24) is 10.3 Å². The van der Waals surface area contributed by atoms with E-state index in [4.69, 9.17) is 0 Å². The van der Waals surface area contributed by atoms with Gasteiger partial charge in [-0.3, -0.25) is 14.4 Å². The number of anilines is 2. The Balaban J connectivity index is 1.48. The van der Waals surface area contributed by atoms with Gasteiger partial charge in [0.05, 0.1) is 5.25 Å². The highest BCUT2D eigenvalue weighted by molar-refractivity contribution is 8.00. The molecular formula is C29H26N4O3S2. The Labute approximate surface area is 229 Å². The molecule has 0 aliphatic rings. The number of aryl methyl sites for hydroxylation is 1. The van der Waals surface area contributed by atoms with E-state index in [9.17, 15) is 14.4 Å². The van der Waals surface area contributed by atoms with Crippen LogP contribution >= 0.6 is 23.1 Å². The number of carbonyl (C=O) groups is 3. The lowest BCUT2D eigenvalue weighted by Crippen LogP contribution is -2.30. The van der Waals surface area contributed by atoms with Crippen LogP contribution < -0.4 is 16.0 Å². The number of benzene rings is 3. The van der Waals surface area contributed by atoms with Crippen LogP contribution in [0.25, 0.3) is 6.08 Å². The summed E-state index contributed by atoms with van der Waals surface area (Å²) < 4.78 is 0. The maximum Gasteiger partial charge on any atom is 0.272 e. The van der Waals surface area contributed by atoms with Gasteiger partial charge in [0.15, 0.2) is 5.13 Å². The highest BCUT2D eigenvalue weighted by Crippen LogP contribution is 2.27. The summed E-state index contributed by atoms with van der Waals surface area (Å²) in [6.07, 6.45) is 3.27. The highest BCUT2D eigenvalue weighted by Gasteiger charge is 2.18. The number of amides is 3. The van der Waals surface area contributed by atoms with Crippen molar-refractivity contribution in [1.29, 1.82) is 0 Å². The highest BCUT2D eigenvalue weighted by atomic mass is 32.2. The average molecular weight is 543 g/mol. The van der Waals surface area contributed by atoms with Crippen molar-refractivity contribution in [3.05, 3.63) is 113 Å². The van der Waals surface area contributed by atoms with Crippen molar-refractivity contribution in [2.45, 2.75) is 24.0 Å². The van der Waals surface area contributed by atoms with Crippen molar-refractivity contribution in [3.63, 3.8) is 0 Å². The largest absolute Gasteiger partial charge is 0.321 e. The maximum atomic E-state index is 13.3. The zero-order chi connectivity index (χ0) is 26.9. The third kappa shape index (κ3) is 7.64. The average Bonchev–Trinajstić information content (AvgIpc) is 3.43. The summed E-state index contributed by atoms with van der Waals surface area (Å²) in [5.41, 5.74) is 2.95. The minimum Gasteiger partial charge on any atom is -0.321 e. The normalized spacial score (nSPS) is 11.9. The Bertz CT molecular complexity index is 1440. The third-order valence-electron chi connectivity index (χ3n) is 5.35. The maximum absolute atomic E-state index is 13.3. The number of hydrogen-bond acceptors (Lipinski definition) is 6. The molecule has 0 bridgehead atoms. The molecule has 1 unspecified atom stereocenters. The number of carbonyl (C=O) groups excluding carboxylic acids is 3. The number of rotatable bonds is 9. The minimum absolute atomic E-state index is 0.108. The number of hydrogen-bond donors (Lipinski definition) is 3. The lowest BCUT2D eigenvalue weighted by atomic mass is 10.1. The molecule has 0 radical (unpaired) electrons. The summed E-state index contributed by atoms with van der Waals surface area (Å²) in [6.45, 7) is 3.78. The zero-order valence-corrected chi connectivity index (χ0v) is 22.4. The summed E-state index contributed by atoms with van der Waals surface area (Å²) in [4.78, 5) is 43.5. The lowest BCUT2D eigenvalue weighted by Gasteiger charge is -2.13. The molecule has 0 saturated heterocycles. The smallest absolute Gasteiger partial charge is 0.272 e. The Hall–Kier alpha value is -4.21. The molecule has 3 aromatic carbocycles. The van der Waals surface area contributed by atoms with E-state index in [0.29, 0.717) is 16.4 Å². The number of thiazole rings is 1. The quantitative estimate of drug-likeness (QED) is 0.178. The van der Waals surface area contributed by atoms with Crippen LogP contribution in [0.1, 0.15) is 28.4 Å². The molecule has 1 heterocycles. The Morgan fingerprint density at radius 3 is 2.42 bits per heavy atom. The molecule has 192 valence electrons. The van der Waals surface area contributed by atoms with Crippen LogP contribution in [0.5, 0.6) is 0 Å². The van der Waals surface area contributed by atoms with E-state index in [1.165, 1.54) is 23.1 Å². The molecule has 9 heteroatoms. The summed E-state index contributed by atoms with van der Waals surface area (Å²) in [5, 5.41) is 10.4. The van der Waals surface area contributed by atoms with Gasteiger partial charge in [0.2, 0.25) is 5.91 Å². The molecule has 3 amide bonds. The Morgan fingerprint density at radius 1 is 0.947 bits per heavy atom. The van der Waals surface area contributed by atoms with Gasteiger partial charge < -0.3 is 16.0 Å². The van der Waals surface area contributed by atoms with E-state index in [1.807, 2.05) is 43.3 Å². The van der Waals surface area contributed by atoms with E-state index >= 15 is 0 Å². The van der Waals surface area contributed by atoms with Gasteiger partial charge in [-0.2, -0.15) is 0 Å². The Morgan fingerprint density at radius 2 is 1.71 bits per heavy atom. The zero-order valence-electron chi connectivity index (χ0n) is 20.8. The van der Waals surface area contributed by atoms with Crippen molar-refractivity contribution in [2.24, 2.45) is 0 Å². The van der Waals surface area contributed by atoms with Crippen LogP contribution in [0.4, 0.5) is 10.8 Å². The predicted molar refractivity (Wildman–Crippen MR) is 154 cm³/mol. The van der Waals surface area contributed by atoms with Gasteiger partial charge >= 0.3 is 0 Å². The van der Waals surface area contributed by atoms with Gasteiger partial charge in [-0.05, 0) is 55.8 Å². The molecule has 3 N–H and O–H groups in total. The van der Waals surface area contributed by atoms with Crippen LogP contribution in [-0.4, -0.2) is 28.0 Å². The summed E-state index contributed by atoms with van der Waals surface area (Å²) in [6, 6.07) is 23.6. The van der Waals surface area contributed by atoms with Gasteiger partial charge in [-0.15, -0.1) is 23.1 Å². The molecule has 0 aliphatic carbocycles. The first-order valence-corrected chi connectivity index (χ1v) is 13.6. The molecule has 38 heavy (non-hydrogen) atoms. The summed E-state index contributed by atoms with van der Waals surface area (Å²) >= 11 is 2.72. The van der Waals surface area contributed by atoms with Gasteiger partial charge in [0.1, 0.15) is 5.70 Å². The second kappa shape index (κ2) is 12.8. The number of nitrogens with zero attached hydrogens (tertiary/aromatic N) is 1. The lowest BCUT2D eigenvalue weighted by molar-refractivity contribution is -0.115. The molecular weight excluding hydrogens is 516 g/mol. The van der Waals surface area contributed by atoms with E-state index in [2.05, 4.69) is 20.9 Å². The summed E-state index contributed by atoms with van der Waals surface area (Å²) in [7, 11) is 0. The number of aromatic nitrogens is 1. The van der Waals surface area contributed by atoms with E-state index in [0.717, 1.165) is 16.0 Å².